The molecule has 0 radical (unpaired) electrons. The first-order valence-corrected chi connectivity index (χ1v) is 14.7. The zero-order chi connectivity index (χ0) is 26.5. The van der Waals surface area contributed by atoms with Gasteiger partial charge in [-0.2, -0.15) is 0 Å². The molecule has 1 atom stereocenters. The number of rotatable bonds is 10. The summed E-state index contributed by atoms with van der Waals surface area (Å²) >= 11 is 12.4. The first kappa shape index (κ1) is 28.3. The summed E-state index contributed by atoms with van der Waals surface area (Å²) in [5.74, 6) is -0.793. The lowest BCUT2D eigenvalue weighted by molar-refractivity contribution is -0.139. The number of amides is 2. The van der Waals surface area contributed by atoms with Gasteiger partial charge in [0.05, 0.1) is 11.9 Å². The van der Waals surface area contributed by atoms with Crippen LogP contribution in [-0.4, -0.2) is 50.0 Å². The molecule has 0 aromatic heterocycles. The van der Waals surface area contributed by atoms with Crippen LogP contribution in [0.5, 0.6) is 0 Å². The highest BCUT2D eigenvalue weighted by atomic mass is 35.5. The molecule has 0 heterocycles. The van der Waals surface area contributed by atoms with Crippen LogP contribution in [0.25, 0.3) is 0 Å². The molecule has 1 aliphatic carbocycles. The fourth-order valence-corrected chi connectivity index (χ4v) is 5.64. The Balaban J connectivity index is 1.89. The Labute approximate surface area is 223 Å². The number of halogens is 2. The summed E-state index contributed by atoms with van der Waals surface area (Å²) in [6, 6.07) is 11.2. The number of sulfonamides is 1. The molecule has 0 unspecified atom stereocenters. The van der Waals surface area contributed by atoms with Gasteiger partial charge >= 0.3 is 0 Å². The first-order chi connectivity index (χ1) is 17.0. The molecule has 3 rings (SSSR count). The molecule has 36 heavy (non-hydrogen) atoms. The van der Waals surface area contributed by atoms with E-state index in [9.17, 15) is 18.0 Å². The minimum Gasteiger partial charge on any atom is -0.352 e. The van der Waals surface area contributed by atoms with Gasteiger partial charge in [-0.15, -0.1) is 0 Å². The van der Waals surface area contributed by atoms with Gasteiger partial charge in [-0.1, -0.05) is 61.2 Å². The first-order valence-electron chi connectivity index (χ1n) is 12.1. The summed E-state index contributed by atoms with van der Waals surface area (Å²) in [6.45, 7) is 3.23. The van der Waals surface area contributed by atoms with E-state index in [1.807, 2.05) is 19.1 Å². The number of nitrogens with zero attached hydrogens (tertiary/aromatic N) is 2. The monoisotopic (exact) mass is 553 g/mol. The highest BCUT2D eigenvalue weighted by Gasteiger charge is 2.31. The summed E-state index contributed by atoms with van der Waals surface area (Å²) in [6.07, 6.45) is 5.80. The van der Waals surface area contributed by atoms with E-state index in [-0.39, 0.29) is 18.5 Å². The smallest absolute Gasteiger partial charge is 0.244 e. The summed E-state index contributed by atoms with van der Waals surface area (Å²) in [4.78, 5) is 28.1. The van der Waals surface area contributed by atoms with Crippen molar-refractivity contribution in [3.05, 3.63) is 63.6 Å². The molecule has 7 nitrogen and oxygen atoms in total. The van der Waals surface area contributed by atoms with E-state index in [0.717, 1.165) is 48.2 Å². The molecule has 196 valence electrons. The summed E-state index contributed by atoms with van der Waals surface area (Å²) in [5.41, 5.74) is 2.04. The average Bonchev–Trinajstić information content (AvgIpc) is 3.34. The Kier molecular flexibility index (Phi) is 9.66. The van der Waals surface area contributed by atoms with Gasteiger partial charge in [-0.25, -0.2) is 8.42 Å². The predicted octanol–water partition coefficient (Wildman–Crippen LogP) is 4.80. The molecule has 0 spiro atoms. The largest absolute Gasteiger partial charge is 0.352 e. The van der Waals surface area contributed by atoms with E-state index in [1.165, 1.54) is 4.90 Å². The van der Waals surface area contributed by atoms with Crippen molar-refractivity contribution in [1.29, 1.82) is 0 Å². The number of benzene rings is 2. The zero-order valence-corrected chi connectivity index (χ0v) is 23.2. The van der Waals surface area contributed by atoms with Crippen molar-refractivity contribution >= 4 is 50.7 Å². The maximum absolute atomic E-state index is 13.6. The van der Waals surface area contributed by atoms with Gasteiger partial charge in [-0.3, -0.25) is 13.9 Å². The second-order valence-electron chi connectivity index (χ2n) is 9.21. The summed E-state index contributed by atoms with van der Waals surface area (Å²) < 4.78 is 26.4. The number of hydrogen-bond acceptors (Lipinski definition) is 4. The molecule has 2 amide bonds. The molecule has 0 bridgehead atoms. The molecule has 1 N–H and O–H groups in total. The fourth-order valence-electron chi connectivity index (χ4n) is 4.32. The van der Waals surface area contributed by atoms with Gasteiger partial charge < -0.3 is 10.2 Å². The third-order valence-electron chi connectivity index (χ3n) is 6.54. The standard InChI is InChI=1S/C26H33Cl2N3O4S/c1-4-19-9-13-23(14-10-19)31(36(3,34)35)17-25(32)30(16-20-11-12-21(27)15-24(20)28)18(2)26(33)29-22-7-5-6-8-22/h9-15,18,22H,4-8,16-17H2,1-3H3,(H,29,33)/t18-/m1/s1. The quantitative estimate of drug-likeness (QED) is 0.457. The van der Waals surface area contributed by atoms with Crippen molar-refractivity contribution in [2.45, 2.75) is 64.6 Å². The molecule has 1 aliphatic rings. The Morgan fingerprint density at radius 1 is 1.08 bits per heavy atom. The molecular formula is C26H33Cl2N3O4S. The molecule has 0 aliphatic heterocycles. The van der Waals surface area contributed by atoms with Crippen LogP contribution in [0.15, 0.2) is 42.5 Å². The lowest BCUT2D eigenvalue weighted by atomic mass is 10.1. The van der Waals surface area contributed by atoms with E-state index in [1.54, 1.807) is 37.3 Å². The van der Waals surface area contributed by atoms with E-state index in [4.69, 9.17) is 23.2 Å². The summed E-state index contributed by atoms with van der Waals surface area (Å²) in [5, 5.41) is 3.84. The van der Waals surface area contributed by atoms with Crippen LogP contribution < -0.4 is 9.62 Å². The molecular weight excluding hydrogens is 521 g/mol. The number of aryl methyl sites for hydroxylation is 1. The summed E-state index contributed by atoms with van der Waals surface area (Å²) in [7, 11) is -3.78. The normalized spacial score (nSPS) is 14.9. The van der Waals surface area contributed by atoms with E-state index < -0.39 is 28.5 Å². The van der Waals surface area contributed by atoms with E-state index >= 15 is 0 Å². The Morgan fingerprint density at radius 3 is 2.28 bits per heavy atom. The SMILES string of the molecule is CCc1ccc(N(CC(=O)N(Cc2ccc(Cl)cc2Cl)[C@H](C)C(=O)NC2CCCC2)S(C)(=O)=O)cc1. The minimum absolute atomic E-state index is 0.0282. The van der Waals surface area contributed by atoms with Crippen LogP contribution in [0.3, 0.4) is 0 Å². The van der Waals surface area contributed by atoms with Crippen molar-refractivity contribution in [2.24, 2.45) is 0 Å². The van der Waals surface area contributed by atoms with Crippen LogP contribution in [-0.2, 0) is 32.6 Å². The Morgan fingerprint density at radius 2 is 1.72 bits per heavy atom. The van der Waals surface area contributed by atoms with Crippen molar-refractivity contribution in [3.8, 4) is 0 Å². The second kappa shape index (κ2) is 12.3. The lowest BCUT2D eigenvalue weighted by Gasteiger charge is -2.32. The third kappa shape index (κ3) is 7.37. The van der Waals surface area contributed by atoms with Crippen molar-refractivity contribution in [3.63, 3.8) is 0 Å². The van der Waals surface area contributed by atoms with Crippen molar-refractivity contribution in [2.75, 3.05) is 17.1 Å². The maximum atomic E-state index is 13.6. The highest BCUT2D eigenvalue weighted by molar-refractivity contribution is 7.92. The lowest BCUT2D eigenvalue weighted by Crippen LogP contribution is -2.52. The van der Waals surface area contributed by atoms with E-state index in [0.29, 0.717) is 21.3 Å². The van der Waals surface area contributed by atoms with Crippen LogP contribution in [0, 0.1) is 0 Å². The average molecular weight is 555 g/mol. The zero-order valence-electron chi connectivity index (χ0n) is 20.8. The topological polar surface area (TPSA) is 86.8 Å². The highest BCUT2D eigenvalue weighted by Crippen LogP contribution is 2.25. The van der Waals surface area contributed by atoms with Gasteiger partial charge in [0.2, 0.25) is 21.8 Å². The predicted molar refractivity (Wildman–Crippen MR) is 145 cm³/mol. The minimum atomic E-state index is -3.78. The third-order valence-corrected chi connectivity index (χ3v) is 8.26. The molecule has 2 aromatic rings. The van der Waals surface area contributed by atoms with Crippen molar-refractivity contribution in [1.82, 2.24) is 10.2 Å². The fraction of sp³-hybridized carbons (Fsp3) is 0.462. The van der Waals surface area contributed by atoms with Crippen LogP contribution >= 0.6 is 23.2 Å². The molecule has 2 aromatic carbocycles. The molecule has 0 saturated heterocycles. The van der Waals surface area contributed by atoms with Crippen LogP contribution in [0.2, 0.25) is 10.0 Å². The van der Waals surface area contributed by atoms with E-state index in [2.05, 4.69) is 5.32 Å². The van der Waals surface area contributed by atoms with Gasteiger partial charge in [0.1, 0.15) is 12.6 Å². The van der Waals surface area contributed by atoms with Crippen LogP contribution in [0.4, 0.5) is 5.69 Å². The van der Waals surface area contributed by atoms with Gasteiger partial charge in [0, 0.05) is 22.6 Å². The number of nitrogens with one attached hydrogen (secondary N) is 1. The number of anilines is 1. The molecule has 1 fully saturated rings. The molecule has 10 heteroatoms. The van der Waals surface area contributed by atoms with Gasteiger partial charge in [-0.05, 0) is 61.6 Å². The van der Waals surface area contributed by atoms with Crippen molar-refractivity contribution < 1.29 is 18.0 Å². The number of carbonyl (C=O) groups is 2. The van der Waals surface area contributed by atoms with Gasteiger partial charge in [0.25, 0.3) is 0 Å². The number of carbonyl (C=O) groups excluding carboxylic acids is 2. The Bertz CT molecular complexity index is 1180. The van der Waals surface area contributed by atoms with Crippen LogP contribution in [0.1, 0.15) is 50.7 Å². The second-order valence-corrected chi connectivity index (χ2v) is 12.0. The Hall–Kier alpha value is -2.29. The maximum Gasteiger partial charge on any atom is 0.244 e. The number of hydrogen-bond donors (Lipinski definition) is 1. The van der Waals surface area contributed by atoms with Gasteiger partial charge in [0.15, 0.2) is 0 Å². The molecule has 1 saturated carbocycles.